The minimum Gasteiger partial charge on any atom is -0.347 e. The molecule has 2 heterocycles. The maximum absolute atomic E-state index is 12.4. The fourth-order valence-electron chi connectivity index (χ4n) is 3.73. The number of pyridine rings is 1. The first-order chi connectivity index (χ1) is 11.7. The van der Waals surface area contributed by atoms with Gasteiger partial charge in [-0.05, 0) is 76.2 Å². The third-order valence-corrected chi connectivity index (χ3v) is 5.33. The molecule has 1 aliphatic carbocycles. The van der Waals surface area contributed by atoms with Crippen LogP contribution in [-0.2, 0) is 4.79 Å². The topological polar surface area (TPSA) is 45.2 Å². The smallest absolute Gasteiger partial charge is 0.220 e. The maximum atomic E-state index is 12.4. The Bertz CT molecular complexity index is 533. The van der Waals surface area contributed by atoms with Crippen molar-refractivity contribution in [3.63, 3.8) is 0 Å². The molecule has 0 radical (unpaired) electrons. The van der Waals surface area contributed by atoms with Crippen LogP contribution in [0.15, 0.2) is 18.3 Å². The van der Waals surface area contributed by atoms with E-state index < -0.39 is 0 Å². The first-order valence-electron chi connectivity index (χ1n) is 9.67. The highest BCUT2D eigenvalue weighted by molar-refractivity contribution is 5.76. The van der Waals surface area contributed by atoms with Crippen LogP contribution in [0.4, 0.5) is 0 Å². The van der Waals surface area contributed by atoms with Gasteiger partial charge in [0, 0.05) is 12.6 Å². The molecule has 3 rings (SSSR count). The first-order valence-corrected chi connectivity index (χ1v) is 9.67. The van der Waals surface area contributed by atoms with Crippen LogP contribution in [0.1, 0.15) is 68.7 Å². The van der Waals surface area contributed by atoms with Crippen LogP contribution in [0.3, 0.4) is 0 Å². The summed E-state index contributed by atoms with van der Waals surface area (Å²) < 4.78 is 0. The van der Waals surface area contributed by atoms with Gasteiger partial charge < -0.3 is 10.2 Å². The quantitative estimate of drug-likeness (QED) is 0.831. The molecule has 4 heteroatoms. The highest BCUT2D eigenvalue weighted by Crippen LogP contribution is 2.41. The largest absolute Gasteiger partial charge is 0.347 e. The molecule has 2 aliphatic rings. The fourth-order valence-corrected chi connectivity index (χ4v) is 3.73. The van der Waals surface area contributed by atoms with Crippen LogP contribution in [0.2, 0.25) is 0 Å². The lowest BCUT2D eigenvalue weighted by Gasteiger charge is -2.21. The third-order valence-electron chi connectivity index (χ3n) is 5.33. The van der Waals surface area contributed by atoms with Crippen LogP contribution in [-0.4, -0.2) is 35.4 Å². The highest BCUT2D eigenvalue weighted by Gasteiger charge is 2.34. The minimum absolute atomic E-state index is 0.108. The number of nitrogens with one attached hydrogen (secondary N) is 1. The van der Waals surface area contributed by atoms with E-state index in [0.717, 1.165) is 18.7 Å². The van der Waals surface area contributed by atoms with Gasteiger partial charge >= 0.3 is 0 Å². The summed E-state index contributed by atoms with van der Waals surface area (Å²) in [6.45, 7) is 5.56. The number of amides is 1. The van der Waals surface area contributed by atoms with Gasteiger partial charge in [-0.2, -0.15) is 0 Å². The number of nitrogens with zero attached hydrogens (tertiary/aromatic N) is 2. The van der Waals surface area contributed by atoms with E-state index in [4.69, 9.17) is 0 Å². The zero-order valence-electron chi connectivity index (χ0n) is 15.0. The second kappa shape index (κ2) is 8.61. The molecule has 1 amide bonds. The number of carbonyl (C=O) groups excluding carboxylic acids is 1. The molecule has 1 N–H and O–H groups in total. The third kappa shape index (κ3) is 5.04. The highest BCUT2D eigenvalue weighted by atomic mass is 16.1. The Morgan fingerprint density at radius 1 is 1.29 bits per heavy atom. The summed E-state index contributed by atoms with van der Waals surface area (Å²) in [4.78, 5) is 19.5. The van der Waals surface area contributed by atoms with E-state index >= 15 is 0 Å². The number of likely N-dealkylation sites (tertiary alicyclic amines) is 1. The zero-order chi connectivity index (χ0) is 16.8. The van der Waals surface area contributed by atoms with Gasteiger partial charge in [-0.1, -0.05) is 18.9 Å². The molecule has 1 saturated carbocycles. The van der Waals surface area contributed by atoms with Crippen molar-refractivity contribution in [2.24, 2.45) is 5.92 Å². The Kier molecular flexibility index (Phi) is 6.24. The van der Waals surface area contributed by atoms with Gasteiger partial charge in [0.2, 0.25) is 5.91 Å². The molecule has 1 aromatic heterocycles. The summed E-state index contributed by atoms with van der Waals surface area (Å²) >= 11 is 0. The standard InChI is InChI=1S/C20H31N3O/c1-16-8-6-12-21-19(16)20(17-10-11-17)22-18(24)9-7-15-23-13-4-2-3-5-14-23/h6,8,12,17,20H,2-5,7,9-11,13-15H2,1H3,(H,22,24)/t20-/m1/s1. The number of hydrogen-bond donors (Lipinski definition) is 1. The van der Waals surface area contributed by atoms with E-state index in [9.17, 15) is 4.79 Å². The van der Waals surface area contributed by atoms with Crippen molar-refractivity contribution < 1.29 is 4.79 Å². The predicted octanol–water partition coefficient (Wildman–Crippen LogP) is 3.61. The molecule has 1 saturated heterocycles. The van der Waals surface area contributed by atoms with Gasteiger partial charge in [-0.15, -0.1) is 0 Å². The zero-order valence-corrected chi connectivity index (χ0v) is 15.0. The second-order valence-corrected chi connectivity index (χ2v) is 7.45. The van der Waals surface area contributed by atoms with Crippen LogP contribution in [0.5, 0.6) is 0 Å². The molecule has 0 aromatic carbocycles. The molecule has 1 atom stereocenters. The Morgan fingerprint density at radius 2 is 2.04 bits per heavy atom. The second-order valence-electron chi connectivity index (χ2n) is 7.45. The predicted molar refractivity (Wildman–Crippen MR) is 96.7 cm³/mol. The van der Waals surface area contributed by atoms with E-state index in [2.05, 4.69) is 28.2 Å². The lowest BCUT2D eigenvalue weighted by molar-refractivity contribution is -0.122. The van der Waals surface area contributed by atoms with Crippen LogP contribution >= 0.6 is 0 Å². The molecule has 1 aromatic rings. The molecule has 132 valence electrons. The fraction of sp³-hybridized carbons (Fsp3) is 0.700. The number of aromatic nitrogens is 1. The maximum Gasteiger partial charge on any atom is 0.220 e. The molecule has 24 heavy (non-hydrogen) atoms. The normalized spacial score (nSPS) is 20.4. The lowest BCUT2D eigenvalue weighted by Crippen LogP contribution is -2.32. The monoisotopic (exact) mass is 329 g/mol. The van der Waals surface area contributed by atoms with Gasteiger partial charge in [0.15, 0.2) is 0 Å². The number of carbonyl (C=O) groups is 1. The Balaban J connectivity index is 1.47. The van der Waals surface area contributed by atoms with E-state index in [1.54, 1.807) is 0 Å². The number of aryl methyl sites for hydroxylation is 1. The Labute approximate surface area is 146 Å². The van der Waals surface area contributed by atoms with Gasteiger partial charge in [0.1, 0.15) is 0 Å². The number of rotatable bonds is 7. The van der Waals surface area contributed by atoms with E-state index in [0.29, 0.717) is 12.3 Å². The van der Waals surface area contributed by atoms with Gasteiger partial charge in [0.05, 0.1) is 11.7 Å². The Morgan fingerprint density at radius 3 is 2.71 bits per heavy atom. The molecule has 0 spiro atoms. The summed E-state index contributed by atoms with van der Waals surface area (Å²) in [5.41, 5.74) is 2.24. The molecule has 2 fully saturated rings. The average Bonchev–Trinajstić information content (AvgIpc) is 3.41. The molecule has 0 bridgehead atoms. The van der Waals surface area contributed by atoms with E-state index in [1.165, 1.54) is 57.2 Å². The number of hydrogen-bond acceptors (Lipinski definition) is 3. The van der Waals surface area contributed by atoms with Crippen molar-refractivity contribution in [1.29, 1.82) is 0 Å². The first kappa shape index (κ1) is 17.4. The van der Waals surface area contributed by atoms with Crippen LogP contribution in [0, 0.1) is 12.8 Å². The summed E-state index contributed by atoms with van der Waals surface area (Å²) in [5, 5.41) is 3.27. The minimum atomic E-state index is 0.108. The lowest BCUT2D eigenvalue weighted by atomic mass is 10.0. The summed E-state index contributed by atoms with van der Waals surface area (Å²) in [6, 6.07) is 4.16. The average molecular weight is 329 g/mol. The van der Waals surface area contributed by atoms with E-state index in [1.807, 2.05) is 12.3 Å². The molecule has 4 nitrogen and oxygen atoms in total. The van der Waals surface area contributed by atoms with Crippen molar-refractivity contribution in [2.75, 3.05) is 19.6 Å². The molecular weight excluding hydrogens is 298 g/mol. The van der Waals surface area contributed by atoms with Gasteiger partial charge in [-0.25, -0.2) is 0 Å². The van der Waals surface area contributed by atoms with Crippen LogP contribution < -0.4 is 5.32 Å². The van der Waals surface area contributed by atoms with Crippen molar-refractivity contribution in [3.05, 3.63) is 29.6 Å². The molecule has 1 aliphatic heterocycles. The molecule has 0 unspecified atom stereocenters. The Hall–Kier alpha value is -1.42. The van der Waals surface area contributed by atoms with Gasteiger partial charge in [-0.3, -0.25) is 9.78 Å². The van der Waals surface area contributed by atoms with Crippen molar-refractivity contribution in [3.8, 4) is 0 Å². The van der Waals surface area contributed by atoms with Gasteiger partial charge in [0.25, 0.3) is 0 Å². The molecular formula is C20H31N3O. The van der Waals surface area contributed by atoms with Crippen molar-refractivity contribution >= 4 is 5.91 Å². The summed E-state index contributed by atoms with van der Waals surface area (Å²) in [5.74, 6) is 0.764. The van der Waals surface area contributed by atoms with E-state index in [-0.39, 0.29) is 11.9 Å². The van der Waals surface area contributed by atoms with Crippen molar-refractivity contribution in [1.82, 2.24) is 15.2 Å². The van der Waals surface area contributed by atoms with Crippen molar-refractivity contribution in [2.45, 2.75) is 64.3 Å². The summed E-state index contributed by atoms with van der Waals surface area (Å²) in [6.07, 6.45) is 11.2. The van der Waals surface area contributed by atoms with Crippen LogP contribution in [0.25, 0.3) is 0 Å². The SMILES string of the molecule is Cc1cccnc1[C@H](NC(=O)CCCN1CCCCCC1)C1CC1. The summed E-state index contributed by atoms with van der Waals surface area (Å²) in [7, 11) is 0.